The molecule has 6 heteroatoms. The minimum absolute atomic E-state index is 0.141. The number of morpholine rings is 1. The Morgan fingerprint density at radius 3 is 2.50 bits per heavy atom. The highest BCUT2D eigenvalue weighted by atomic mass is 35.5. The summed E-state index contributed by atoms with van der Waals surface area (Å²) in [6.07, 6.45) is 0. The summed E-state index contributed by atoms with van der Waals surface area (Å²) >= 11 is 6.14. The maximum Gasteiger partial charge on any atom is 0.258 e. The topological polar surface area (TPSA) is 53.6 Å². The largest absolute Gasteiger partial charge is 0.379 e. The Hall–Kier alpha value is -3.12. The highest BCUT2D eigenvalue weighted by Crippen LogP contribution is 2.38. The number of carbonyl (C=O) groups excluding carboxylic acids is 1. The maximum absolute atomic E-state index is 13.0. The zero-order chi connectivity index (χ0) is 21.9. The Morgan fingerprint density at radius 1 is 1.00 bits per heavy atom. The monoisotopic (exact) mass is 445 g/mol. The van der Waals surface area contributed by atoms with E-state index in [0.717, 1.165) is 61.0 Å². The predicted octanol–water partition coefficient (Wildman–Crippen LogP) is 5.10. The van der Waals surface area contributed by atoms with Gasteiger partial charge in [0.1, 0.15) is 0 Å². The van der Waals surface area contributed by atoms with Crippen molar-refractivity contribution in [3.05, 3.63) is 94.5 Å². The third-order valence-corrected chi connectivity index (χ3v) is 6.01. The average molecular weight is 446 g/mol. The van der Waals surface area contributed by atoms with Gasteiger partial charge in [-0.1, -0.05) is 60.1 Å². The SMILES string of the molecule is O=C1Nc2cc(Cl)ccc2C1=C(Nc1ccc(CN2CCOCC2)cc1)c1ccccc1. The van der Waals surface area contributed by atoms with Crippen LogP contribution in [0.15, 0.2) is 72.8 Å². The van der Waals surface area contributed by atoms with Gasteiger partial charge >= 0.3 is 0 Å². The number of anilines is 2. The summed E-state index contributed by atoms with van der Waals surface area (Å²) in [5.41, 5.74) is 6.08. The number of hydrogen-bond donors (Lipinski definition) is 2. The van der Waals surface area contributed by atoms with Gasteiger partial charge in [0.15, 0.2) is 0 Å². The molecule has 0 aromatic heterocycles. The number of amides is 1. The molecule has 3 aromatic carbocycles. The summed E-state index contributed by atoms with van der Waals surface area (Å²) in [5.74, 6) is -0.141. The third kappa shape index (κ3) is 4.41. The van der Waals surface area contributed by atoms with Gasteiger partial charge in [-0.25, -0.2) is 0 Å². The fraction of sp³-hybridized carbons (Fsp3) is 0.192. The molecule has 2 aliphatic rings. The molecule has 5 rings (SSSR count). The zero-order valence-electron chi connectivity index (χ0n) is 17.6. The summed E-state index contributed by atoms with van der Waals surface area (Å²) < 4.78 is 5.43. The first-order valence-corrected chi connectivity index (χ1v) is 11.1. The lowest BCUT2D eigenvalue weighted by atomic mass is 10.00. The van der Waals surface area contributed by atoms with Crippen LogP contribution in [0.3, 0.4) is 0 Å². The molecule has 0 unspecified atom stereocenters. The Balaban J connectivity index is 1.47. The van der Waals surface area contributed by atoms with Crippen LogP contribution < -0.4 is 10.6 Å². The predicted molar refractivity (Wildman–Crippen MR) is 129 cm³/mol. The molecule has 0 bridgehead atoms. The van der Waals surface area contributed by atoms with Crippen molar-refractivity contribution in [3.8, 4) is 0 Å². The van der Waals surface area contributed by atoms with Crippen LogP contribution in [0.1, 0.15) is 16.7 Å². The second-order valence-corrected chi connectivity index (χ2v) is 8.41. The molecule has 0 radical (unpaired) electrons. The van der Waals surface area contributed by atoms with Crippen molar-refractivity contribution < 1.29 is 9.53 Å². The molecule has 0 saturated carbocycles. The number of nitrogens with one attached hydrogen (secondary N) is 2. The van der Waals surface area contributed by atoms with E-state index in [-0.39, 0.29) is 5.91 Å². The minimum Gasteiger partial charge on any atom is -0.379 e. The second kappa shape index (κ2) is 9.17. The molecule has 0 aliphatic carbocycles. The lowest BCUT2D eigenvalue weighted by Gasteiger charge is -2.26. The first-order chi connectivity index (χ1) is 15.7. The number of benzene rings is 3. The zero-order valence-corrected chi connectivity index (χ0v) is 18.4. The molecule has 2 aliphatic heterocycles. The minimum atomic E-state index is -0.141. The van der Waals surface area contributed by atoms with Gasteiger partial charge in [0.25, 0.3) is 5.91 Å². The normalized spacial score (nSPS) is 17.6. The smallest absolute Gasteiger partial charge is 0.258 e. The van der Waals surface area contributed by atoms with Gasteiger partial charge in [-0.05, 0) is 35.4 Å². The average Bonchev–Trinajstić information content (AvgIpc) is 3.14. The number of nitrogens with zero attached hydrogens (tertiary/aromatic N) is 1. The lowest BCUT2D eigenvalue weighted by Crippen LogP contribution is -2.35. The molecule has 1 saturated heterocycles. The van der Waals surface area contributed by atoms with Crippen molar-refractivity contribution in [1.82, 2.24) is 4.90 Å². The quantitative estimate of drug-likeness (QED) is 0.536. The summed E-state index contributed by atoms with van der Waals surface area (Å²) in [4.78, 5) is 15.4. The van der Waals surface area contributed by atoms with Crippen molar-refractivity contribution in [2.24, 2.45) is 0 Å². The molecule has 32 heavy (non-hydrogen) atoms. The molecule has 0 atom stereocenters. The fourth-order valence-electron chi connectivity index (χ4n) is 4.13. The van der Waals surface area contributed by atoms with E-state index in [1.165, 1.54) is 5.56 Å². The van der Waals surface area contributed by atoms with Gasteiger partial charge in [-0.3, -0.25) is 9.69 Å². The Bertz CT molecular complexity index is 1150. The van der Waals surface area contributed by atoms with E-state index >= 15 is 0 Å². The van der Waals surface area contributed by atoms with Crippen LogP contribution in [0.2, 0.25) is 5.02 Å². The van der Waals surface area contributed by atoms with Gasteiger partial charge in [0.05, 0.1) is 30.2 Å². The highest BCUT2D eigenvalue weighted by molar-refractivity contribution is 6.38. The molecule has 2 N–H and O–H groups in total. The summed E-state index contributed by atoms with van der Waals surface area (Å²) in [5, 5.41) is 7.04. The number of ether oxygens (including phenoxy) is 1. The molecule has 2 heterocycles. The van der Waals surface area contributed by atoms with Crippen molar-refractivity contribution in [3.63, 3.8) is 0 Å². The highest BCUT2D eigenvalue weighted by Gasteiger charge is 2.28. The van der Waals surface area contributed by atoms with E-state index in [1.54, 1.807) is 6.07 Å². The molecular formula is C26H24ClN3O2. The van der Waals surface area contributed by atoms with E-state index in [4.69, 9.17) is 16.3 Å². The number of hydrogen-bond acceptors (Lipinski definition) is 4. The van der Waals surface area contributed by atoms with Crippen LogP contribution in [0.4, 0.5) is 11.4 Å². The van der Waals surface area contributed by atoms with Crippen molar-refractivity contribution in [2.45, 2.75) is 6.54 Å². The van der Waals surface area contributed by atoms with Crippen LogP contribution in [-0.4, -0.2) is 37.1 Å². The molecule has 162 valence electrons. The molecule has 5 nitrogen and oxygen atoms in total. The Labute approximate surface area is 192 Å². The number of halogens is 1. The van der Waals surface area contributed by atoms with Crippen LogP contribution in [0.25, 0.3) is 11.3 Å². The van der Waals surface area contributed by atoms with Crippen molar-refractivity contribution >= 4 is 40.2 Å². The van der Waals surface area contributed by atoms with Gasteiger partial charge in [0, 0.05) is 35.9 Å². The first-order valence-electron chi connectivity index (χ1n) is 10.7. The maximum atomic E-state index is 13.0. The van der Waals surface area contributed by atoms with E-state index in [0.29, 0.717) is 10.6 Å². The van der Waals surface area contributed by atoms with E-state index in [2.05, 4.69) is 39.8 Å². The Morgan fingerprint density at radius 2 is 1.75 bits per heavy atom. The summed E-state index contributed by atoms with van der Waals surface area (Å²) in [6, 6.07) is 23.8. The summed E-state index contributed by atoms with van der Waals surface area (Å²) in [7, 11) is 0. The lowest BCUT2D eigenvalue weighted by molar-refractivity contribution is -0.110. The van der Waals surface area contributed by atoms with Crippen LogP contribution in [0, 0.1) is 0 Å². The van der Waals surface area contributed by atoms with Gasteiger partial charge in [-0.15, -0.1) is 0 Å². The summed E-state index contributed by atoms with van der Waals surface area (Å²) in [6.45, 7) is 4.42. The van der Waals surface area contributed by atoms with E-state index in [1.807, 2.05) is 42.5 Å². The van der Waals surface area contributed by atoms with Gasteiger partial charge in [-0.2, -0.15) is 0 Å². The molecule has 0 spiro atoms. The fourth-order valence-corrected chi connectivity index (χ4v) is 4.30. The number of fused-ring (bicyclic) bond motifs is 1. The van der Waals surface area contributed by atoms with E-state index in [9.17, 15) is 4.79 Å². The molecule has 1 fully saturated rings. The Kier molecular flexibility index (Phi) is 5.95. The van der Waals surface area contributed by atoms with Crippen molar-refractivity contribution in [1.29, 1.82) is 0 Å². The van der Waals surface area contributed by atoms with E-state index < -0.39 is 0 Å². The second-order valence-electron chi connectivity index (χ2n) is 7.97. The van der Waals surface area contributed by atoms with Crippen LogP contribution >= 0.6 is 11.6 Å². The number of rotatable bonds is 5. The van der Waals surface area contributed by atoms with Gasteiger partial charge in [0.2, 0.25) is 0 Å². The molecule has 1 amide bonds. The number of carbonyl (C=O) groups is 1. The standard InChI is InChI=1S/C26H24ClN3O2/c27-20-8-11-22-23(16-20)29-26(31)24(22)25(19-4-2-1-3-5-19)28-21-9-6-18(7-10-21)17-30-12-14-32-15-13-30/h1-11,16,28H,12-15,17H2,(H,29,31). The van der Waals surface area contributed by atoms with Crippen LogP contribution in [-0.2, 0) is 16.1 Å². The van der Waals surface area contributed by atoms with Crippen LogP contribution in [0.5, 0.6) is 0 Å². The molecular weight excluding hydrogens is 422 g/mol. The first kappa shape index (κ1) is 20.8. The van der Waals surface area contributed by atoms with Crippen molar-refractivity contribution in [2.75, 3.05) is 36.9 Å². The third-order valence-electron chi connectivity index (χ3n) is 5.77. The molecule has 3 aromatic rings. The van der Waals surface area contributed by atoms with Gasteiger partial charge < -0.3 is 15.4 Å².